The van der Waals surface area contributed by atoms with E-state index in [0.717, 1.165) is 19.3 Å². The third-order valence-electron chi connectivity index (χ3n) is 3.97. The molecule has 1 unspecified atom stereocenters. The lowest BCUT2D eigenvalue weighted by Crippen LogP contribution is -2.52. The number of nitrogens with two attached hydrogens (primary N) is 1. The number of piperidine rings is 1. The molecule has 0 aromatic carbocycles. The van der Waals surface area contributed by atoms with Crippen LogP contribution in [0.1, 0.15) is 41.5 Å². The van der Waals surface area contributed by atoms with Crippen molar-refractivity contribution in [2.45, 2.75) is 25.3 Å². The van der Waals surface area contributed by atoms with E-state index < -0.39 is 11.5 Å². The second-order valence-electron chi connectivity index (χ2n) is 5.17. The summed E-state index contributed by atoms with van der Waals surface area (Å²) in [4.78, 5) is 45.8. The number of carbonyl (C=O) groups is 2. The lowest BCUT2D eigenvalue weighted by atomic mass is 9.94. The van der Waals surface area contributed by atoms with E-state index in [4.69, 9.17) is 5.84 Å². The number of nitrogens with zero attached hydrogens (tertiary/aromatic N) is 3. The lowest BCUT2D eigenvalue weighted by molar-refractivity contribution is 0.0942. The van der Waals surface area contributed by atoms with Crippen LogP contribution in [-0.4, -0.2) is 40.4 Å². The number of hydrazine groups is 1. The molecule has 21 heavy (non-hydrogen) atoms. The fourth-order valence-electron chi connectivity index (χ4n) is 2.95. The molecule has 3 amide bonds. The van der Waals surface area contributed by atoms with Gasteiger partial charge in [-0.25, -0.2) is 15.6 Å². The van der Waals surface area contributed by atoms with E-state index in [9.17, 15) is 14.4 Å². The Kier molecular flexibility index (Phi) is 3.13. The Balaban J connectivity index is 2.17. The molecular formula is C12H16N6O3. The van der Waals surface area contributed by atoms with Crippen molar-refractivity contribution < 1.29 is 9.59 Å². The van der Waals surface area contributed by atoms with Crippen LogP contribution in [0.15, 0.2) is 4.79 Å². The third-order valence-corrected chi connectivity index (χ3v) is 3.97. The molecule has 0 bridgehead atoms. The van der Waals surface area contributed by atoms with Gasteiger partial charge in [0.25, 0.3) is 5.56 Å². The number of amides is 3. The van der Waals surface area contributed by atoms with Crippen molar-refractivity contribution >= 4 is 17.8 Å². The number of aromatic nitrogens is 2. The zero-order valence-corrected chi connectivity index (χ0v) is 11.5. The molecule has 112 valence electrons. The van der Waals surface area contributed by atoms with Crippen LogP contribution in [0.2, 0.25) is 0 Å². The van der Waals surface area contributed by atoms with Crippen molar-refractivity contribution in [3.63, 3.8) is 0 Å². The Hall–Kier alpha value is -2.42. The van der Waals surface area contributed by atoms with E-state index in [1.165, 1.54) is 4.90 Å². The fraction of sp³-hybridized carbons (Fsp3) is 0.500. The standard InChI is InChI=1S/C12H16N6O3/c1-17-9-7(6-4-2-3-5-18(6)12(17)21)10(19)15-8(14-9)11(20)16-13/h6H,2-5,13H2,1H3,(H,16,20)(H,14,15,19). The molecule has 9 heteroatoms. The first kappa shape index (κ1) is 13.6. The number of H-pyrrole nitrogens is 1. The fourth-order valence-corrected chi connectivity index (χ4v) is 2.95. The lowest BCUT2D eigenvalue weighted by Gasteiger charge is -2.42. The molecule has 0 radical (unpaired) electrons. The molecule has 4 N–H and O–H groups in total. The highest BCUT2D eigenvalue weighted by molar-refractivity contribution is 5.95. The van der Waals surface area contributed by atoms with Crippen molar-refractivity contribution in [1.82, 2.24) is 20.3 Å². The average molecular weight is 292 g/mol. The molecule has 1 saturated heterocycles. The summed E-state index contributed by atoms with van der Waals surface area (Å²) in [7, 11) is 1.54. The number of hydrogen-bond donors (Lipinski definition) is 3. The van der Waals surface area contributed by atoms with Gasteiger partial charge in [0.15, 0.2) is 0 Å². The number of carbonyl (C=O) groups excluding carboxylic acids is 2. The Morgan fingerprint density at radius 1 is 1.43 bits per heavy atom. The van der Waals surface area contributed by atoms with Gasteiger partial charge in [-0.15, -0.1) is 0 Å². The second kappa shape index (κ2) is 4.85. The summed E-state index contributed by atoms with van der Waals surface area (Å²) in [6, 6.07) is -0.479. The predicted molar refractivity (Wildman–Crippen MR) is 73.6 cm³/mol. The van der Waals surface area contributed by atoms with Gasteiger partial charge in [-0.3, -0.25) is 19.9 Å². The normalized spacial score (nSPS) is 20.9. The minimum absolute atomic E-state index is 0.204. The van der Waals surface area contributed by atoms with Gasteiger partial charge in [-0.2, -0.15) is 0 Å². The Morgan fingerprint density at radius 3 is 2.90 bits per heavy atom. The number of fused-ring (bicyclic) bond motifs is 3. The molecule has 0 saturated carbocycles. The summed E-state index contributed by atoms with van der Waals surface area (Å²) in [6.07, 6.45) is 2.59. The van der Waals surface area contributed by atoms with Gasteiger partial charge < -0.3 is 9.88 Å². The number of rotatable bonds is 1. The summed E-state index contributed by atoms with van der Waals surface area (Å²) in [6.45, 7) is 0.623. The largest absolute Gasteiger partial charge is 0.325 e. The van der Waals surface area contributed by atoms with Crippen molar-refractivity contribution in [2.75, 3.05) is 18.5 Å². The maximum absolute atomic E-state index is 12.4. The average Bonchev–Trinajstić information content (AvgIpc) is 2.51. The maximum Gasteiger partial charge on any atom is 0.325 e. The summed E-state index contributed by atoms with van der Waals surface area (Å²) in [5.41, 5.74) is 1.94. The van der Waals surface area contributed by atoms with Crippen LogP contribution in [0.3, 0.4) is 0 Å². The predicted octanol–water partition coefficient (Wildman–Crippen LogP) is -0.530. The maximum atomic E-state index is 12.4. The van der Waals surface area contributed by atoms with Gasteiger partial charge in [0.1, 0.15) is 5.82 Å². The first-order valence-electron chi connectivity index (χ1n) is 6.74. The Bertz CT molecular complexity index is 669. The first-order chi connectivity index (χ1) is 10.0. The van der Waals surface area contributed by atoms with Gasteiger partial charge in [0, 0.05) is 13.6 Å². The molecule has 1 fully saturated rings. The summed E-state index contributed by atoms with van der Waals surface area (Å²) >= 11 is 0. The minimum Gasteiger partial charge on any atom is -0.317 e. The van der Waals surface area contributed by atoms with Gasteiger partial charge in [0.2, 0.25) is 5.82 Å². The zero-order valence-electron chi connectivity index (χ0n) is 11.5. The number of nitrogens with one attached hydrogen (secondary N) is 2. The van der Waals surface area contributed by atoms with Crippen LogP contribution in [-0.2, 0) is 0 Å². The molecule has 1 atom stereocenters. The Morgan fingerprint density at radius 2 is 2.19 bits per heavy atom. The van der Waals surface area contributed by atoms with Crippen molar-refractivity contribution in [3.8, 4) is 0 Å². The molecule has 1 aromatic rings. The van der Waals surface area contributed by atoms with E-state index in [2.05, 4.69) is 9.97 Å². The van der Waals surface area contributed by atoms with Crippen LogP contribution in [0.25, 0.3) is 0 Å². The number of nitrogen functional groups attached to an aromatic ring is 1. The van der Waals surface area contributed by atoms with Crippen molar-refractivity contribution in [1.29, 1.82) is 0 Å². The summed E-state index contributed by atoms with van der Waals surface area (Å²) in [5.74, 6) is 4.37. The third kappa shape index (κ3) is 1.97. The van der Waals surface area contributed by atoms with Crippen LogP contribution in [0.4, 0.5) is 10.6 Å². The van der Waals surface area contributed by atoms with Gasteiger partial charge in [0.05, 0.1) is 11.6 Å². The summed E-state index contributed by atoms with van der Waals surface area (Å²) in [5, 5.41) is 0. The highest BCUT2D eigenvalue weighted by Gasteiger charge is 2.40. The van der Waals surface area contributed by atoms with Gasteiger partial charge in [-0.05, 0) is 19.3 Å². The van der Waals surface area contributed by atoms with Crippen LogP contribution in [0.5, 0.6) is 0 Å². The van der Waals surface area contributed by atoms with E-state index in [-0.39, 0.29) is 23.7 Å². The van der Waals surface area contributed by atoms with E-state index >= 15 is 0 Å². The van der Waals surface area contributed by atoms with Gasteiger partial charge in [-0.1, -0.05) is 0 Å². The first-order valence-corrected chi connectivity index (χ1v) is 6.74. The van der Waals surface area contributed by atoms with Crippen LogP contribution >= 0.6 is 0 Å². The number of hydrogen-bond acceptors (Lipinski definition) is 5. The molecule has 2 aliphatic heterocycles. The molecule has 0 aliphatic carbocycles. The van der Waals surface area contributed by atoms with Gasteiger partial charge >= 0.3 is 11.9 Å². The van der Waals surface area contributed by atoms with E-state index in [1.54, 1.807) is 11.9 Å². The highest BCUT2D eigenvalue weighted by Crippen LogP contribution is 2.37. The monoisotopic (exact) mass is 292 g/mol. The van der Waals surface area contributed by atoms with E-state index in [1.807, 2.05) is 5.43 Å². The van der Waals surface area contributed by atoms with Crippen molar-refractivity contribution in [3.05, 3.63) is 21.7 Å². The number of urea groups is 1. The summed E-state index contributed by atoms with van der Waals surface area (Å²) < 4.78 is 0. The van der Waals surface area contributed by atoms with Crippen molar-refractivity contribution in [2.24, 2.45) is 5.84 Å². The molecule has 0 spiro atoms. The molecule has 9 nitrogen and oxygen atoms in total. The van der Waals surface area contributed by atoms with Crippen LogP contribution < -0.4 is 21.7 Å². The number of aromatic amines is 1. The quantitative estimate of drug-likeness (QED) is 0.364. The molecule has 2 aliphatic rings. The molecule has 1 aromatic heterocycles. The SMILES string of the molecule is CN1C(=O)N2CCCCC2c2c1nc(C(=O)NN)[nH]c2=O. The number of anilines is 1. The smallest absolute Gasteiger partial charge is 0.317 e. The molecular weight excluding hydrogens is 276 g/mol. The second-order valence-corrected chi connectivity index (χ2v) is 5.17. The topological polar surface area (TPSA) is 124 Å². The highest BCUT2D eigenvalue weighted by atomic mass is 16.2. The Labute approximate surface area is 120 Å². The minimum atomic E-state index is -0.707. The molecule has 3 heterocycles. The molecule has 3 rings (SSSR count). The van der Waals surface area contributed by atoms with E-state index in [0.29, 0.717) is 12.1 Å². The zero-order chi connectivity index (χ0) is 15.1. The van der Waals surface area contributed by atoms with Crippen LogP contribution in [0, 0.1) is 0 Å².